The molecule has 7 heteroatoms. The van der Waals surface area contributed by atoms with E-state index in [4.69, 9.17) is 4.42 Å². The molecule has 0 fully saturated rings. The molecule has 4 nitrogen and oxygen atoms in total. The zero-order chi connectivity index (χ0) is 19.5. The largest absolute Gasteiger partial charge is 0.467 e. The van der Waals surface area contributed by atoms with Crippen molar-refractivity contribution in [1.82, 2.24) is 14.8 Å². The molecule has 0 radical (unpaired) electrons. The second kappa shape index (κ2) is 7.98. The number of rotatable bonds is 6. The molecule has 2 aromatic heterocycles. The molecule has 0 bridgehead atoms. The Kier molecular flexibility index (Phi) is 5.25. The second-order valence-electron chi connectivity index (χ2n) is 6.33. The van der Waals surface area contributed by atoms with Crippen molar-refractivity contribution in [3.05, 3.63) is 89.4 Å². The smallest absolute Gasteiger partial charge is 0.192 e. The fourth-order valence-electron chi connectivity index (χ4n) is 2.90. The van der Waals surface area contributed by atoms with Gasteiger partial charge in [-0.05, 0) is 37.3 Å². The molecule has 0 aliphatic rings. The highest BCUT2D eigenvalue weighted by Gasteiger charge is 2.17. The molecule has 0 N–H and O–H groups in total. The van der Waals surface area contributed by atoms with Crippen LogP contribution in [0.25, 0.3) is 11.4 Å². The number of nitrogens with zero attached hydrogens (tertiary/aromatic N) is 3. The highest BCUT2D eigenvalue weighted by molar-refractivity contribution is 7.98. The third-order valence-electron chi connectivity index (χ3n) is 4.29. The lowest BCUT2D eigenvalue weighted by Crippen LogP contribution is -2.04. The minimum absolute atomic E-state index is 0.0251. The number of aromatic nitrogens is 3. The van der Waals surface area contributed by atoms with E-state index in [1.807, 2.05) is 47.9 Å². The second-order valence-corrected chi connectivity index (χ2v) is 7.27. The normalized spacial score (nSPS) is 11.1. The zero-order valence-corrected chi connectivity index (χ0v) is 15.9. The first-order valence-corrected chi connectivity index (χ1v) is 9.68. The summed E-state index contributed by atoms with van der Waals surface area (Å²) in [6.07, 6.45) is 1.60. The van der Waals surface area contributed by atoms with Crippen LogP contribution in [0.2, 0.25) is 0 Å². The van der Waals surface area contributed by atoms with E-state index in [2.05, 4.69) is 10.2 Å². The monoisotopic (exact) mass is 397 g/mol. The summed E-state index contributed by atoms with van der Waals surface area (Å²) in [5.41, 5.74) is 2.05. The maximum absolute atomic E-state index is 14.0. The number of hydrogen-bond donors (Lipinski definition) is 0. The van der Waals surface area contributed by atoms with Gasteiger partial charge in [0.2, 0.25) is 0 Å². The Morgan fingerprint density at radius 3 is 2.50 bits per heavy atom. The van der Waals surface area contributed by atoms with Crippen molar-refractivity contribution in [2.75, 3.05) is 0 Å². The maximum atomic E-state index is 14.0. The molecule has 0 amide bonds. The summed E-state index contributed by atoms with van der Waals surface area (Å²) < 4.78 is 35.3. The molecule has 0 saturated carbocycles. The summed E-state index contributed by atoms with van der Waals surface area (Å²) in [6, 6.07) is 15.5. The summed E-state index contributed by atoms with van der Waals surface area (Å²) in [7, 11) is 0. The average Bonchev–Trinajstić information content (AvgIpc) is 3.32. The fourth-order valence-corrected chi connectivity index (χ4v) is 3.86. The number of thioether (sulfide) groups is 1. The molecular weight excluding hydrogens is 380 g/mol. The predicted octanol–water partition coefficient (Wildman–Crippen LogP) is 5.47. The summed E-state index contributed by atoms with van der Waals surface area (Å²) >= 11 is 1.24. The van der Waals surface area contributed by atoms with Crippen molar-refractivity contribution in [1.29, 1.82) is 0 Å². The lowest BCUT2D eigenvalue weighted by Gasteiger charge is -2.10. The summed E-state index contributed by atoms with van der Waals surface area (Å²) in [5, 5.41) is 9.16. The first-order valence-electron chi connectivity index (χ1n) is 8.70. The SMILES string of the molecule is Cc1cccc(-c2nnc(SCc3c(F)cccc3F)n2Cc2ccco2)c1. The summed E-state index contributed by atoms with van der Waals surface area (Å²) in [4.78, 5) is 0. The van der Waals surface area contributed by atoms with Gasteiger partial charge >= 0.3 is 0 Å². The van der Waals surface area contributed by atoms with Crippen LogP contribution in [0.1, 0.15) is 16.9 Å². The van der Waals surface area contributed by atoms with E-state index in [0.29, 0.717) is 17.5 Å². The first kappa shape index (κ1) is 18.4. The van der Waals surface area contributed by atoms with Crippen LogP contribution in [0.4, 0.5) is 8.78 Å². The van der Waals surface area contributed by atoms with Gasteiger partial charge in [0, 0.05) is 16.9 Å². The van der Waals surface area contributed by atoms with Crippen LogP contribution in [-0.2, 0) is 12.3 Å². The van der Waals surface area contributed by atoms with Gasteiger partial charge in [0.1, 0.15) is 17.4 Å². The Labute approximate surface area is 165 Å². The maximum Gasteiger partial charge on any atom is 0.192 e. The molecule has 0 spiro atoms. The van der Waals surface area contributed by atoms with Crippen LogP contribution in [0.3, 0.4) is 0 Å². The van der Waals surface area contributed by atoms with E-state index in [-0.39, 0.29) is 11.3 Å². The Bertz CT molecular complexity index is 1070. The van der Waals surface area contributed by atoms with Crippen LogP contribution >= 0.6 is 11.8 Å². The van der Waals surface area contributed by atoms with Gasteiger partial charge in [0.25, 0.3) is 0 Å². The molecular formula is C21H17F2N3OS. The van der Waals surface area contributed by atoms with Crippen molar-refractivity contribution >= 4 is 11.8 Å². The number of halogens is 2. The van der Waals surface area contributed by atoms with Gasteiger partial charge in [-0.25, -0.2) is 8.78 Å². The van der Waals surface area contributed by atoms with Gasteiger partial charge in [-0.15, -0.1) is 10.2 Å². The quantitative estimate of drug-likeness (QED) is 0.405. The van der Waals surface area contributed by atoms with Crippen LogP contribution in [-0.4, -0.2) is 14.8 Å². The molecule has 142 valence electrons. The Morgan fingerprint density at radius 2 is 1.79 bits per heavy atom. The zero-order valence-electron chi connectivity index (χ0n) is 15.1. The third kappa shape index (κ3) is 3.84. The lowest BCUT2D eigenvalue weighted by atomic mass is 10.1. The van der Waals surface area contributed by atoms with Gasteiger partial charge in [-0.3, -0.25) is 4.57 Å². The standard InChI is InChI=1S/C21H17F2N3OS/c1-14-5-2-6-15(11-14)20-24-25-21(26(20)12-16-7-4-10-27-16)28-13-17-18(22)8-3-9-19(17)23/h2-11H,12-13H2,1H3. The first-order chi connectivity index (χ1) is 13.6. The van der Waals surface area contributed by atoms with Crippen LogP contribution < -0.4 is 0 Å². The van der Waals surface area contributed by atoms with Gasteiger partial charge in [-0.1, -0.05) is 41.6 Å². The van der Waals surface area contributed by atoms with E-state index in [9.17, 15) is 8.78 Å². The third-order valence-corrected chi connectivity index (χ3v) is 5.29. The van der Waals surface area contributed by atoms with Gasteiger partial charge < -0.3 is 4.42 Å². The molecule has 2 heterocycles. The average molecular weight is 397 g/mol. The number of benzene rings is 2. The van der Waals surface area contributed by atoms with Crippen molar-refractivity contribution in [3.8, 4) is 11.4 Å². The number of hydrogen-bond acceptors (Lipinski definition) is 4. The van der Waals surface area contributed by atoms with Gasteiger partial charge in [0.15, 0.2) is 11.0 Å². The molecule has 0 atom stereocenters. The van der Waals surface area contributed by atoms with Crippen molar-refractivity contribution < 1.29 is 13.2 Å². The number of furan rings is 1. The Balaban J connectivity index is 1.68. The van der Waals surface area contributed by atoms with Crippen LogP contribution in [0, 0.1) is 18.6 Å². The number of aryl methyl sites for hydroxylation is 1. The van der Waals surface area contributed by atoms with E-state index in [1.54, 1.807) is 6.26 Å². The summed E-state index contributed by atoms with van der Waals surface area (Å²) in [5.74, 6) is 0.402. The van der Waals surface area contributed by atoms with Crippen LogP contribution in [0.15, 0.2) is 70.4 Å². The highest BCUT2D eigenvalue weighted by atomic mass is 32.2. The van der Waals surface area contributed by atoms with E-state index in [1.165, 1.54) is 30.0 Å². The Hall–Kier alpha value is -2.93. The highest BCUT2D eigenvalue weighted by Crippen LogP contribution is 2.29. The topological polar surface area (TPSA) is 43.9 Å². The van der Waals surface area contributed by atoms with Crippen LogP contribution in [0.5, 0.6) is 0 Å². The molecule has 4 aromatic rings. The molecule has 2 aromatic carbocycles. The molecule has 0 aliphatic heterocycles. The minimum atomic E-state index is -0.566. The van der Waals surface area contributed by atoms with E-state index < -0.39 is 11.6 Å². The Morgan fingerprint density at radius 1 is 1.00 bits per heavy atom. The molecule has 28 heavy (non-hydrogen) atoms. The molecule has 0 aliphatic carbocycles. The predicted molar refractivity (Wildman–Crippen MR) is 104 cm³/mol. The molecule has 0 unspecified atom stereocenters. The molecule has 4 rings (SSSR count). The van der Waals surface area contributed by atoms with Gasteiger partial charge in [0.05, 0.1) is 12.8 Å². The molecule has 0 saturated heterocycles. The van der Waals surface area contributed by atoms with E-state index >= 15 is 0 Å². The van der Waals surface area contributed by atoms with Crippen molar-refractivity contribution in [3.63, 3.8) is 0 Å². The fraction of sp³-hybridized carbons (Fsp3) is 0.143. The summed E-state index contributed by atoms with van der Waals surface area (Å²) in [6.45, 7) is 2.43. The van der Waals surface area contributed by atoms with Crippen molar-refractivity contribution in [2.45, 2.75) is 24.4 Å². The minimum Gasteiger partial charge on any atom is -0.467 e. The van der Waals surface area contributed by atoms with Gasteiger partial charge in [-0.2, -0.15) is 0 Å². The van der Waals surface area contributed by atoms with E-state index in [0.717, 1.165) is 16.9 Å². The van der Waals surface area contributed by atoms with Crippen molar-refractivity contribution in [2.24, 2.45) is 0 Å². The lowest BCUT2D eigenvalue weighted by molar-refractivity contribution is 0.485.